The Kier molecular flexibility index (Phi) is 13.4. The van der Waals surface area contributed by atoms with Crippen LogP contribution in [0.4, 0.5) is 5.82 Å². The van der Waals surface area contributed by atoms with Crippen LogP contribution in [0, 0.1) is 0 Å². The summed E-state index contributed by atoms with van der Waals surface area (Å²) in [5.41, 5.74) is 5.11. The zero-order valence-electron chi connectivity index (χ0n) is 23.2. The smallest absolute Gasteiger partial charge is 0.347 e. The number of aryl methyl sites for hydroxylation is 2. The van der Waals surface area contributed by atoms with Crippen LogP contribution in [0.25, 0.3) is 11.0 Å². The number of aromatic hydroxyl groups is 1. The van der Waals surface area contributed by atoms with Crippen LogP contribution in [0.3, 0.4) is 0 Å². The van der Waals surface area contributed by atoms with Crippen LogP contribution in [0.15, 0.2) is 17.2 Å². The number of carbonyl (C=O) groups excluding carboxylic acids is 4. The van der Waals surface area contributed by atoms with E-state index in [1.54, 1.807) is 41.8 Å². The van der Waals surface area contributed by atoms with E-state index in [9.17, 15) is 29.1 Å². The monoisotopic (exact) mass is 566 g/mol. The van der Waals surface area contributed by atoms with Gasteiger partial charge >= 0.3 is 23.9 Å². The van der Waals surface area contributed by atoms with E-state index in [1.807, 2.05) is 0 Å². The Labute approximate surface area is 228 Å². The summed E-state index contributed by atoms with van der Waals surface area (Å²) in [6.07, 6.45) is 2.47. The average Bonchev–Trinajstić information content (AvgIpc) is 3.42. The van der Waals surface area contributed by atoms with Crippen molar-refractivity contribution in [3.05, 3.63) is 33.9 Å². The molecule has 0 amide bonds. The molecule has 0 fully saturated rings. The maximum Gasteiger partial charge on any atom is 0.347 e. The van der Waals surface area contributed by atoms with Gasteiger partial charge in [-0.2, -0.15) is 10.2 Å². The molecule has 0 bridgehead atoms. The third-order valence-corrected chi connectivity index (χ3v) is 4.75. The molecule has 0 aliphatic carbocycles. The summed E-state index contributed by atoms with van der Waals surface area (Å²) in [5, 5.41) is 17.9. The largest absolute Gasteiger partial charge is 0.506 e. The van der Waals surface area contributed by atoms with Crippen molar-refractivity contribution in [1.29, 1.82) is 0 Å². The molecule has 0 saturated carbocycles. The molecular formula is C24H34N6O10. The number of hydrogen-bond acceptors (Lipinski definition) is 13. The van der Waals surface area contributed by atoms with Crippen molar-refractivity contribution in [2.75, 3.05) is 32.2 Å². The summed E-state index contributed by atoms with van der Waals surface area (Å²) in [7, 11) is 3.28. The second kappa shape index (κ2) is 16.2. The molecule has 16 heteroatoms. The number of H-pyrrole nitrogens is 1. The molecule has 40 heavy (non-hydrogen) atoms. The minimum absolute atomic E-state index is 0.128. The molecule has 3 aromatic rings. The number of nitrogens with two attached hydrogens (primary N) is 1. The molecule has 0 atom stereocenters. The molecule has 0 aromatic carbocycles. The minimum atomic E-state index is -0.850. The van der Waals surface area contributed by atoms with E-state index >= 15 is 0 Å². The summed E-state index contributed by atoms with van der Waals surface area (Å²) in [4.78, 5) is 58.0. The first-order chi connectivity index (χ1) is 18.9. The first-order valence-corrected chi connectivity index (χ1v) is 12.1. The third kappa shape index (κ3) is 9.14. The van der Waals surface area contributed by atoms with Crippen LogP contribution in [0.5, 0.6) is 5.75 Å². The molecule has 3 aromatic heterocycles. The molecular weight excluding hydrogens is 532 g/mol. The highest BCUT2D eigenvalue weighted by Gasteiger charge is 2.21. The molecule has 0 radical (unpaired) electrons. The molecule has 0 spiro atoms. The van der Waals surface area contributed by atoms with Gasteiger partial charge in [0.1, 0.15) is 29.2 Å². The third-order valence-electron chi connectivity index (χ3n) is 4.75. The van der Waals surface area contributed by atoms with Crippen LogP contribution >= 0.6 is 0 Å². The lowest BCUT2D eigenvalue weighted by molar-refractivity contribution is -0.153. The zero-order chi connectivity index (χ0) is 30.4. The number of pyridine rings is 1. The lowest BCUT2D eigenvalue weighted by Crippen LogP contribution is -2.20. The molecule has 0 aliphatic rings. The number of carbonyl (C=O) groups is 4. The number of rotatable bonds is 8. The van der Waals surface area contributed by atoms with Crippen molar-refractivity contribution >= 4 is 40.7 Å². The van der Waals surface area contributed by atoms with Crippen molar-refractivity contribution < 1.29 is 43.2 Å². The Bertz CT molecular complexity index is 1360. The molecule has 4 N–H and O–H groups in total. The van der Waals surface area contributed by atoms with Crippen LogP contribution in [0.1, 0.15) is 54.8 Å². The first kappa shape index (κ1) is 33.1. The maximum atomic E-state index is 11.7. The van der Waals surface area contributed by atoms with E-state index in [1.165, 1.54) is 21.8 Å². The van der Waals surface area contributed by atoms with Gasteiger partial charge in [0.2, 0.25) is 0 Å². The highest BCUT2D eigenvalue weighted by atomic mass is 16.6. The van der Waals surface area contributed by atoms with E-state index in [0.29, 0.717) is 29.0 Å². The number of esters is 4. The van der Waals surface area contributed by atoms with Crippen LogP contribution in [-0.2, 0) is 42.6 Å². The number of aromatic amines is 1. The van der Waals surface area contributed by atoms with Gasteiger partial charge in [-0.15, -0.1) is 0 Å². The molecule has 220 valence electrons. The second-order valence-corrected chi connectivity index (χ2v) is 7.50. The predicted molar refractivity (Wildman–Crippen MR) is 140 cm³/mol. The fourth-order valence-corrected chi connectivity index (χ4v) is 2.92. The van der Waals surface area contributed by atoms with Gasteiger partial charge in [0.05, 0.1) is 44.2 Å². The SMILES string of the molecule is CCOC(=O)CC(=O)OCC.CCOC(=O)c1c(O)c2cnn(C)c2[nH]c1=O.CCOC(=O)c1cnn(C)c1N. The summed E-state index contributed by atoms with van der Waals surface area (Å²) >= 11 is 0. The van der Waals surface area contributed by atoms with Crippen molar-refractivity contribution in [2.45, 2.75) is 34.1 Å². The van der Waals surface area contributed by atoms with Gasteiger partial charge in [-0.1, -0.05) is 0 Å². The summed E-state index contributed by atoms with van der Waals surface area (Å²) in [6, 6.07) is 0. The normalized spacial score (nSPS) is 9.95. The number of aromatic nitrogens is 5. The Morgan fingerprint density at radius 2 is 1.35 bits per heavy atom. The number of nitrogens with zero attached hydrogens (tertiary/aromatic N) is 4. The summed E-state index contributed by atoms with van der Waals surface area (Å²) in [6.45, 7) is 7.77. The molecule has 0 aliphatic heterocycles. The van der Waals surface area contributed by atoms with E-state index in [-0.39, 0.29) is 26.2 Å². The van der Waals surface area contributed by atoms with Crippen molar-refractivity contribution in [1.82, 2.24) is 24.5 Å². The molecule has 16 nitrogen and oxygen atoms in total. The average molecular weight is 567 g/mol. The fourth-order valence-electron chi connectivity index (χ4n) is 2.92. The van der Waals surface area contributed by atoms with E-state index in [4.69, 9.17) is 15.2 Å². The van der Waals surface area contributed by atoms with Crippen LogP contribution < -0.4 is 11.3 Å². The van der Waals surface area contributed by atoms with Crippen LogP contribution in [-0.4, -0.2) is 80.0 Å². The van der Waals surface area contributed by atoms with Gasteiger partial charge in [0.15, 0.2) is 5.56 Å². The fraction of sp³-hybridized carbons (Fsp3) is 0.458. The lowest BCUT2D eigenvalue weighted by Gasteiger charge is -2.04. The van der Waals surface area contributed by atoms with Crippen molar-refractivity contribution in [2.24, 2.45) is 14.1 Å². The van der Waals surface area contributed by atoms with Gasteiger partial charge < -0.3 is 34.8 Å². The number of hydrogen-bond donors (Lipinski definition) is 3. The Hall–Kier alpha value is -4.89. The number of nitrogens with one attached hydrogen (secondary N) is 1. The highest BCUT2D eigenvalue weighted by molar-refractivity contribution is 5.98. The summed E-state index contributed by atoms with van der Waals surface area (Å²) in [5.74, 6) is -2.43. The molecule has 0 unspecified atom stereocenters. The van der Waals surface area contributed by atoms with E-state index < -0.39 is 40.7 Å². The minimum Gasteiger partial charge on any atom is -0.506 e. The Morgan fingerprint density at radius 1 is 0.850 bits per heavy atom. The number of anilines is 1. The molecule has 3 heterocycles. The van der Waals surface area contributed by atoms with Gasteiger partial charge in [-0.3, -0.25) is 23.7 Å². The Morgan fingerprint density at radius 3 is 1.82 bits per heavy atom. The zero-order valence-corrected chi connectivity index (χ0v) is 23.2. The van der Waals surface area contributed by atoms with Crippen molar-refractivity contribution in [3.63, 3.8) is 0 Å². The number of ether oxygens (including phenoxy) is 4. The van der Waals surface area contributed by atoms with E-state index in [0.717, 1.165) is 0 Å². The van der Waals surface area contributed by atoms with E-state index in [2.05, 4.69) is 24.7 Å². The van der Waals surface area contributed by atoms with Crippen molar-refractivity contribution in [3.8, 4) is 5.75 Å². The standard InChI is InChI=1S/C10H11N3O4.C7H11N3O2.C7H12O4/c1-3-17-10(16)6-7(14)5-4-11-13(2)8(5)12-9(6)15;1-3-12-7(11)5-4-9-10(2)6(5)8;1-3-10-6(8)5-7(9)11-4-2/h4H,3H2,1-2H3,(H2,12,14,15);4H,3,8H2,1-2H3;3-5H2,1-2H3. The maximum absolute atomic E-state index is 11.7. The number of nitrogen functional groups attached to an aromatic ring is 1. The van der Waals surface area contributed by atoms with Gasteiger partial charge in [0, 0.05) is 14.1 Å². The quantitative estimate of drug-likeness (QED) is 0.195. The topological polar surface area (TPSA) is 220 Å². The van der Waals surface area contributed by atoms with Gasteiger partial charge in [-0.25, -0.2) is 9.59 Å². The number of fused-ring (bicyclic) bond motifs is 1. The Balaban J connectivity index is 0.000000311. The highest BCUT2D eigenvalue weighted by Crippen LogP contribution is 2.24. The lowest BCUT2D eigenvalue weighted by atomic mass is 10.2. The van der Waals surface area contributed by atoms with Crippen LogP contribution in [0.2, 0.25) is 0 Å². The predicted octanol–water partition coefficient (Wildman–Crippen LogP) is 0.826. The van der Waals surface area contributed by atoms with Gasteiger partial charge in [0.25, 0.3) is 5.56 Å². The second-order valence-electron chi connectivity index (χ2n) is 7.50. The molecule has 0 saturated heterocycles. The first-order valence-electron chi connectivity index (χ1n) is 12.1. The molecule has 3 rings (SSSR count). The van der Waals surface area contributed by atoms with Gasteiger partial charge in [-0.05, 0) is 27.7 Å². The summed E-state index contributed by atoms with van der Waals surface area (Å²) < 4.78 is 21.3.